The van der Waals surface area contributed by atoms with Crippen LogP contribution in [0.5, 0.6) is 0 Å². The van der Waals surface area contributed by atoms with Gasteiger partial charge < -0.3 is 58.2 Å². The number of hydrogen-bond donors (Lipinski definition) is 17. The summed E-state index contributed by atoms with van der Waals surface area (Å²) in [5.41, 5.74) is 23.7. The van der Waals surface area contributed by atoms with Crippen molar-refractivity contribution in [2.24, 2.45) is 51.4 Å². The molecule has 3 rings (SSSR count). The normalized spacial score (nSPS) is 14.8. The molecule has 0 amide bonds. The number of rotatable bonds is 43. The number of nitrogens with one attached hydrogen (secondary N) is 10. The van der Waals surface area contributed by atoms with Gasteiger partial charge in [-0.1, -0.05) is 151 Å². The Hall–Kier alpha value is -4.95. The smallest absolute Gasteiger partial charge is 0.382 e. The molecule has 28 nitrogen and oxygen atoms in total. The van der Waals surface area contributed by atoms with Crippen LogP contribution in [0, 0.1) is 39.8 Å². The first-order valence-corrected chi connectivity index (χ1v) is 38.1. The van der Waals surface area contributed by atoms with Crippen LogP contribution in [0.3, 0.4) is 0 Å². The van der Waals surface area contributed by atoms with Gasteiger partial charge >= 0.3 is 12.7 Å². The summed E-state index contributed by atoms with van der Waals surface area (Å²) in [6.45, 7) is 41.8. The van der Waals surface area contributed by atoms with E-state index in [1.165, 1.54) is 16.4 Å². The van der Waals surface area contributed by atoms with Crippen LogP contribution in [-0.2, 0) is 45.2 Å². The van der Waals surface area contributed by atoms with Crippen LogP contribution < -0.4 is 84.9 Å². The van der Waals surface area contributed by atoms with Gasteiger partial charge in [0, 0.05) is 98.4 Å². The Balaban J connectivity index is 0. The van der Waals surface area contributed by atoms with E-state index in [0.29, 0.717) is 76.2 Å². The Labute approximate surface area is 577 Å². The van der Waals surface area contributed by atoms with E-state index in [1.807, 2.05) is 140 Å². The zero-order valence-electron chi connectivity index (χ0n) is 62.2. The van der Waals surface area contributed by atoms with Gasteiger partial charge in [0.25, 0.3) is 7.59 Å². The number of nitrogen functional groups attached to an aromatic ring is 1. The van der Waals surface area contributed by atoms with E-state index in [1.54, 1.807) is 0 Å². The van der Waals surface area contributed by atoms with Gasteiger partial charge in [0.2, 0.25) is 5.95 Å². The van der Waals surface area contributed by atoms with Crippen molar-refractivity contribution in [3.8, 4) is 0 Å². The Morgan fingerprint density at radius 3 is 1.24 bits per heavy atom. The number of aryl methyl sites for hydroxylation is 1. The summed E-state index contributed by atoms with van der Waals surface area (Å²) in [6.07, 6.45) is 8.87. The fourth-order valence-electron chi connectivity index (χ4n) is 10.1. The lowest BCUT2D eigenvalue weighted by Crippen LogP contribution is -2.82. The number of carbonyl (C=O) groups excluding carboxylic acids is 5. The summed E-state index contributed by atoms with van der Waals surface area (Å²) in [4.78, 5) is 66.2. The highest BCUT2D eigenvalue weighted by Gasteiger charge is 2.27. The van der Waals surface area contributed by atoms with Crippen molar-refractivity contribution < 1.29 is 48.5 Å². The molecule has 24 N–H and O–H groups in total. The maximum atomic E-state index is 12.3. The molecule has 0 saturated heterocycles. The molecular weight excluding hydrogens is 1260 g/mol. The number of fused-ring (bicyclic) bond motifs is 1. The Kier molecular flexibility index (Phi) is 47.3. The molecule has 0 saturated carbocycles. The zero-order valence-corrected chi connectivity index (χ0v) is 63.9. The molecule has 0 radical (unpaired) electrons. The zero-order chi connectivity index (χ0) is 74.4. The first-order valence-electron chi connectivity index (χ1n) is 34.6. The third-order valence-corrected chi connectivity index (χ3v) is 16.0. The summed E-state index contributed by atoms with van der Waals surface area (Å²) in [7, 11) is -6.29. The number of quaternary nitrogens is 1. The minimum atomic E-state index is -3.15. The van der Waals surface area contributed by atoms with Crippen LogP contribution in [0.4, 0.5) is 5.95 Å². The Morgan fingerprint density at radius 1 is 0.594 bits per heavy atom. The second-order valence-electron chi connectivity index (χ2n) is 27.8. The van der Waals surface area contributed by atoms with E-state index in [4.69, 9.17) is 43.0 Å². The van der Waals surface area contributed by atoms with Gasteiger partial charge in [0.1, 0.15) is 6.20 Å². The first-order chi connectivity index (χ1) is 44.3. The first kappa shape index (κ1) is 93.1. The number of nitrogens with zero attached hydrogens (tertiary/aromatic N) is 3. The van der Waals surface area contributed by atoms with Gasteiger partial charge in [0.15, 0.2) is 39.0 Å². The largest absolute Gasteiger partial charge is 0.856 e. The number of anilines is 1. The molecule has 1 aromatic heterocycles. The number of imidazole rings is 1. The highest BCUT2D eigenvalue weighted by atomic mass is 32.2. The molecular formula is C65H134BN20O8PS. The molecule has 1 aliphatic heterocycles. The predicted octanol–water partition coefficient (Wildman–Crippen LogP) is 3.00. The molecule has 1 aromatic carbocycles. The predicted molar refractivity (Wildman–Crippen MR) is 391 cm³/mol. The van der Waals surface area contributed by atoms with E-state index in [0.717, 1.165) is 49.8 Å². The fraction of sp³-hybridized carbons (Fsp3) is 0.769. The van der Waals surface area contributed by atoms with E-state index in [-0.39, 0.29) is 119 Å². The third-order valence-electron chi connectivity index (χ3n) is 14.7. The van der Waals surface area contributed by atoms with Gasteiger partial charge in [0.05, 0.1) is 41.2 Å². The average Bonchev–Trinajstić information content (AvgIpc) is 1.67. The van der Waals surface area contributed by atoms with Gasteiger partial charge in [-0.15, -0.1) is 0 Å². The monoisotopic (exact) mass is 1400 g/mol. The number of nitrogens with two attached hydrogens (primary N) is 7. The summed E-state index contributed by atoms with van der Waals surface area (Å²) in [5.74, 6) is 1.88. The number of aromatic nitrogens is 2. The van der Waals surface area contributed by atoms with Crippen LogP contribution in [0.2, 0.25) is 0 Å². The number of guanidine groups is 1. The van der Waals surface area contributed by atoms with Gasteiger partial charge in [-0.25, -0.2) is 34.3 Å². The van der Waals surface area contributed by atoms with Crippen molar-refractivity contribution in [2.45, 2.75) is 270 Å². The number of Topliss-reactive ketones (excluding diaryl/α,β-unsaturated/α-hetero) is 5. The lowest BCUT2D eigenvalue weighted by atomic mass is 9.97. The van der Waals surface area contributed by atoms with Crippen LogP contribution in [0.1, 0.15) is 203 Å². The summed E-state index contributed by atoms with van der Waals surface area (Å²) in [6, 6.07) is 8.61. The fourth-order valence-corrected chi connectivity index (χ4v) is 11.1. The lowest BCUT2D eigenvalue weighted by molar-refractivity contribution is -0.466. The van der Waals surface area contributed by atoms with Crippen molar-refractivity contribution in [3.05, 3.63) is 36.3 Å². The molecule has 0 bridgehead atoms. The molecule has 2 heterocycles. The van der Waals surface area contributed by atoms with Crippen molar-refractivity contribution >= 4 is 76.3 Å². The quantitative estimate of drug-likeness (QED) is 0.0258. The SMILES string of the molecule is CC(C)N[C@@H](CCCN1C(=N)[NH2+]C=C1[O-])C(=O)C(C)C.CC(C)N[C@@H](CCCNP(N)(N)=O)C(=O)C(C)C.CC(C)N[C@@H](CCCNS(=N)(N)=O)C(=O)C(C)C.CC(C)N[C@@H](CCCN[B-](N)=[NH2+])C(=O)C(C)C.CC(C)N[C@@H](CCCn1c(N)nc2ccccc21)C(=O)C(C)C. The van der Waals surface area contributed by atoms with E-state index < -0.39 is 24.5 Å². The van der Waals surface area contributed by atoms with Crippen LogP contribution >= 0.6 is 7.59 Å². The highest BCUT2D eigenvalue weighted by molar-refractivity contribution is 7.88. The minimum Gasteiger partial charge on any atom is -0.856 e. The van der Waals surface area contributed by atoms with Gasteiger partial charge in [-0.2, -0.15) is 0 Å². The molecule has 556 valence electrons. The van der Waals surface area contributed by atoms with Crippen LogP contribution in [0.15, 0.2) is 36.3 Å². The maximum absolute atomic E-state index is 12.3. The van der Waals surface area contributed by atoms with Crippen molar-refractivity contribution in [2.75, 3.05) is 31.9 Å². The second kappa shape index (κ2) is 48.7. The lowest BCUT2D eigenvalue weighted by Gasteiger charge is -2.24. The highest BCUT2D eigenvalue weighted by Crippen LogP contribution is 2.20. The van der Waals surface area contributed by atoms with E-state index in [9.17, 15) is 37.9 Å². The Bertz CT molecular complexity index is 2810. The van der Waals surface area contributed by atoms with Crippen LogP contribution in [0.25, 0.3) is 11.0 Å². The van der Waals surface area contributed by atoms with Crippen LogP contribution in [-0.4, -0.2) is 147 Å². The molecule has 6 atom stereocenters. The standard InChI is InChI=1S/C18H28N4O.C14H26N4O2.C11H27BN4O.C11H27N4O2P.C11H26N4O2S/c1-12(2)17(23)15(20-13(3)4)9-7-11-22-16-10-6-5-8-14(16)21-18(22)19;1-9(2)13(20)11(17-10(3)4)6-5-7-18-12(19)8-16-14(18)15;1-8(2)11(17)10(16-9(3)4)6-5-7-15-12(13)14;2*1-8(2)11(16)10(15-9(3)4)6-5-7-14-18(12,13)17/h5-6,8,10,12-13,15,20H,7,9,11H2,1-4H3,(H2,19,21);8-11,17,19H,5-7H2,1-4H3,(H2,15,16);8-10,15-16H,5-7,13-14H2,1-4H3;8-10,15H,5-7H2,1-4H3,(H5,12,13,14,17);8-10,15H,5-7H2,1-4H3,(H4,12,13,14,17)/t15-;11-;3*10-/m00000/s1. The van der Waals surface area contributed by atoms with Crippen molar-refractivity contribution in [3.63, 3.8) is 0 Å². The maximum Gasteiger partial charge on any atom is 0.382 e. The molecule has 1 aliphatic rings. The Morgan fingerprint density at radius 2 is 0.927 bits per heavy atom. The van der Waals surface area contributed by atoms with Crippen molar-refractivity contribution in [1.82, 2.24) is 56.1 Å². The number of benzene rings is 1. The molecule has 0 spiro atoms. The molecule has 96 heavy (non-hydrogen) atoms. The van der Waals surface area contributed by atoms with E-state index in [2.05, 4.69) is 74.3 Å². The number of ketones is 5. The number of para-hydroxylation sites is 2. The summed E-state index contributed by atoms with van der Waals surface area (Å²) in [5, 5.41) is 53.0. The third kappa shape index (κ3) is 43.5. The van der Waals surface area contributed by atoms with Crippen molar-refractivity contribution in [1.29, 1.82) is 10.2 Å². The molecule has 0 fully saturated rings. The average molecular weight is 1400 g/mol. The molecule has 31 heteroatoms. The topological polar surface area (TPSA) is 480 Å². The molecule has 1 unspecified atom stereocenters. The van der Waals surface area contributed by atoms with Gasteiger partial charge in [-0.05, 0) is 76.3 Å². The summed E-state index contributed by atoms with van der Waals surface area (Å²) >= 11 is 0. The number of carbonyl (C=O) groups is 5. The number of hydrogen-bond acceptors (Lipinski definition) is 17. The van der Waals surface area contributed by atoms with E-state index >= 15 is 0 Å². The molecule has 2 aromatic rings. The van der Waals surface area contributed by atoms with Gasteiger partial charge in [-0.3, -0.25) is 49.8 Å². The summed E-state index contributed by atoms with van der Waals surface area (Å²) < 4.78 is 33.4. The molecule has 0 aliphatic carbocycles. The minimum absolute atomic E-state index is 0.000339. The second-order valence-corrected chi connectivity index (χ2v) is 31.0.